The first kappa shape index (κ1) is 20.1. The molecule has 0 saturated carbocycles. The van der Waals surface area contributed by atoms with Crippen molar-refractivity contribution in [3.63, 3.8) is 0 Å². The molecule has 0 aromatic heterocycles. The highest BCUT2D eigenvalue weighted by Crippen LogP contribution is 2.18. The van der Waals surface area contributed by atoms with Crippen molar-refractivity contribution in [3.8, 4) is 5.75 Å². The zero-order valence-electron chi connectivity index (χ0n) is 16.8. The summed E-state index contributed by atoms with van der Waals surface area (Å²) in [4.78, 5) is 24.9. The van der Waals surface area contributed by atoms with Crippen LogP contribution < -0.4 is 15.4 Å². The molecule has 2 N–H and O–H groups in total. The molecule has 0 atom stereocenters. The molecule has 3 aromatic rings. The van der Waals surface area contributed by atoms with Crippen LogP contribution in [0.25, 0.3) is 0 Å². The highest BCUT2D eigenvalue weighted by molar-refractivity contribution is 6.05. The number of methoxy groups -OCH3 is 1. The second-order valence-corrected chi connectivity index (χ2v) is 6.84. The SMILES string of the molecule is COc1ccccc1CNC(=O)c1ccc(C(=O)Nc2cc(C)ccc2C)cc1. The van der Waals surface area contributed by atoms with Gasteiger partial charge in [0, 0.05) is 28.9 Å². The molecule has 0 aliphatic heterocycles. The van der Waals surface area contributed by atoms with Crippen molar-refractivity contribution in [2.75, 3.05) is 12.4 Å². The fourth-order valence-electron chi connectivity index (χ4n) is 2.96. The first-order chi connectivity index (χ1) is 14.0. The number of anilines is 1. The van der Waals surface area contributed by atoms with Crippen molar-refractivity contribution < 1.29 is 14.3 Å². The summed E-state index contributed by atoms with van der Waals surface area (Å²) in [6, 6.07) is 20.0. The number of nitrogens with one attached hydrogen (secondary N) is 2. The number of rotatable bonds is 6. The predicted octanol–water partition coefficient (Wildman–Crippen LogP) is 4.49. The predicted molar refractivity (Wildman–Crippen MR) is 114 cm³/mol. The Kier molecular flexibility index (Phi) is 6.29. The van der Waals surface area contributed by atoms with E-state index in [9.17, 15) is 9.59 Å². The van der Waals surface area contributed by atoms with Gasteiger partial charge in [0.2, 0.25) is 0 Å². The molecule has 0 fully saturated rings. The van der Waals surface area contributed by atoms with Crippen LogP contribution in [-0.4, -0.2) is 18.9 Å². The lowest BCUT2D eigenvalue weighted by atomic mass is 10.1. The maximum absolute atomic E-state index is 12.5. The van der Waals surface area contributed by atoms with Crippen LogP contribution in [0.2, 0.25) is 0 Å². The van der Waals surface area contributed by atoms with Gasteiger partial charge in [0.05, 0.1) is 7.11 Å². The molecule has 5 nitrogen and oxygen atoms in total. The zero-order chi connectivity index (χ0) is 20.8. The third-order valence-corrected chi connectivity index (χ3v) is 4.68. The molecule has 5 heteroatoms. The van der Waals surface area contributed by atoms with Gasteiger partial charge < -0.3 is 15.4 Å². The molecule has 0 aliphatic carbocycles. The van der Waals surface area contributed by atoms with E-state index in [-0.39, 0.29) is 11.8 Å². The van der Waals surface area contributed by atoms with E-state index in [1.165, 1.54) is 0 Å². The number of carbonyl (C=O) groups is 2. The van der Waals surface area contributed by atoms with Crippen LogP contribution in [0.15, 0.2) is 66.7 Å². The highest BCUT2D eigenvalue weighted by atomic mass is 16.5. The number of para-hydroxylation sites is 1. The van der Waals surface area contributed by atoms with Crippen molar-refractivity contribution in [2.24, 2.45) is 0 Å². The highest BCUT2D eigenvalue weighted by Gasteiger charge is 2.11. The Morgan fingerprint density at radius 3 is 2.21 bits per heavy atom. The van der Waals surface area contributed by atoms with Crippen molar-refractivity contribution in [3.05, 3.63) is 94.5 Å². The van der Waals surface area contributed by atoms with E-state index in [4.69, 9.17) is 4.74 Å². The molecular formula is C24H24N2O3. The van der Waals surface area contributed by atoms with Crippen LogP contribution in [0.5, 0.6) is 5.75 Å². The van der Waals surface area contributed by atoms with Crippen LogP contribution in [0.4, 0.5) is 5.69 Å². The Bertz CT molecular complexity index is 1030. The summed E-state index contributed by atoms with van der Waals surface area (Å²) in [6.45, 7) is 4.29. The molecule has 3 rings (SSSR count). The Balaban J connectivity index is 1.64. The molecule has 0 spiro atoms. The topological polar surface area (TPSA) is 67.4 Å². The minimum atomic E-state index is -0.211. The van der Waals surface area contributed by atoms with Crippen LogP contribution in [-0.2, 0) is 6.54 Å². The molecule has 29 heavy (non-hydrogen) atoms. The Morgan fingerprint density at radius 2 is 1.52 bits per heavy atom. The Hall–Kier alpha value is -3.60. The monoisotopic (exact) mass is 388 g/mol. The van der Waals surface area contributed by atoms with E-state index in [2.05, 4.69) is 10.6 Å². The summed E-state index contributed by atoms with van der Waals surface area (Å²) in [6.07, 6.45) is 0. The minimum Gasteiger partial charge on any atom is -0.496 e. The van der Waals surface area contributed by atoms with Crippen LogP contribution >= 0.6 is 0 Å². The average molecular weight is 388 g/mol. The second-order valence-electron chi connectivity index (χ2n) is 6.84. The summed E-state index contributed by atoms with van der Waals surface area (Å²) >= 11 is 0. The van der Waals surface area contributed by atoms with E-state index in [1.807, 2.05) is 56.3 Å². The molecule has 0 saturated heterocycles. The molecular weight excluding hydrogens is 364 g/mol. The second kappa shape index (κ2) is 9.06. The molecule has 0 bridgehead atoms. The lowest BCUT2D eigenvalue weighted by Gasteiger charge is -2.11. The van der Waals surface area contributed by atoms with Gasteiger partial charge in [-0.1, -0.05) is 30.3 Å². The van der Waals surface area contributed by atoms with Crippen LogP contribution in [0.3, 0.4) is 0 Å². The minimum absolute atomic E-state index is 0.209. The number of hydrogen-bond donors (Lipinski definition) is 2. The van der Waals surface area contributed by atoms with Gasteiger partial charge in [0.1, 0.15) is 5.75 Å². The maximum Gasteiger partial charge on any atom is 0.255 e. The fourth-order valence-corrected chi connectivity index (χ4v) is 2.96. The average Bonchev–Trinajstić information content (AvgIpc) is 2.74. The van der Waals surface area contributed by atoms with Gasteiger partial charge in [-0.15, -0.1) is 0 Å². The Morgan fingerprint density at radius 1 is 0.862 bits per heavy atom. The first-order valence-corrected chi connectivity index (χ1v) is 9.36. The summed E-state index contributed by atoms with van der Waals surface area (Å²) in [5.74, 6) is 0.309. The van der Waals surface area contributed by atoms with E-state index < -0.39 is 0 Å². The molecule has 148 valence electrons. The van der Waals surface area contributed by atoms with Crippen molar-refractivity contribution in [2.45, 2.75) is 20.4 Å². The Labute approximate surface area is 170 Å². The molecule has 0 unspecified atom stereocenters. The number of ether oxygens (including phenoxy) is 1. The van der Waals surface area contributed by atoms with Gasteiger partial charge in [0.25, 0.3) is 11.8 Å². The lowest BCUT2D eigenvalue weighted by molar-refractivity contribution is 0.0949. The molecule has 0 aliphatic rings. The van der Waals surface area contributed by atoms with Crippen molar-refractivity contribution in [1.29, 1.82) is 0 Å². The van der Waals surface area contributed by atoms with E-state index in [1.54, 1.807) is 31.4 Å². The third kappa shape index (κ3) is 5.02. The maximum atomic E-state index is 12.5. The number of aryl methyl sites for hydroxylation is 2. The first-order valence-electron chi connectivity index (χ1n) is 9.36. The molecule has 0 radical (unpaired) electrons. The summed E-state index contributed by atoms with van der Waals surface area (Å²) in [5, 5.41) is 5.79. The summed E-state index contributed by atoms with van der Waals surface area (Å²) in [5.41, 5.74) is 4.74. The smallest absolute Gasteiger partial charge is 0.255 e. The summed E-state index contributed by atoms with van der Waals surface area (Å²) < 4.78 is 5.29. The fraction of sp³-hybridized carbons (Fsp3) is 0.167. The third-order valence-electron chi connectivity index (χ3n) is 4.68. The number of amides is 2. The van der Waals surface area contributed by atoms with E-state index in [0.717, 1.165) is 28.1 Å². The van der Waals surface area contributed by atoms with Crippen molar-refractivity contribution in [1.82, 2.24) is 5.32 Å². The standard InChI is InChI=1S/C24H24N2O3/c1-16-8-9-17(2)21(14-16)26-24(28)19-12-10-18(11-13-19)23(27)25-15-20-6-4-5-7-22(20)29-3/h4-14H,15H2,1-3H3,(H,25,27)(H,26,28). The van der Waals surface area contributed by atoms with Gasteiger partial charge in [0.15, 0.2) is 0 Å². The molecule has 2 amide bonds. The molecule has 3 aromatic carbocycles. The van der Waals surface area contributed by atoms with Gasteiger partial charge in [-0.05, 0) is 61.4 Å². The molecule has 0 heterocycles. The quantitative estimate of drug-likeness (QED) is 0.654. The summed E-state index contributed by atoms with van der Waals surface area (Å²) in [7, 11) is 1.60. The zero-order valence-corrected chi connectivity index (χ0v) is 16.8. The van der Waals surface area contributed by atoms with E-state index in [0.29, 0.717) is 17.7 Å². The van der Waals surface area contributed by atoms with Crippen LogP contribution in [0.1, 0.15) is 37.4 Å². The lowest BCUT2D eigenvalue weighted by Crippen LogP contribution is -2.23. The van der Waals surface area contributed by atoms with Crippen molar-refractivity contribution >= 4 is 17.5 Å². The van der Waals surface area contributed by atoms with Gasteiger partial charge in [-0.25, -0.2) is 0 Å². The van der Waals surface area contributed by atoms with Crippen LogP contribution in [0, 0.1) is 13.8 Å². The number of hydrogen-bond acceptors (Lipinski definition) is 3. The van der Waals surface area contributed by atoms with Gasteiger partial charge >= 0.3 is 0 Å². The van der Waals surface area contributed by atoms with Gasteiger partial charge in [-0.3, -0.25) is 9.59 Å². The normalized spacial score (nSPS) is 10.3. The van der Waals surface area contributed by atoms with E-state index >= 15 is 0 Å². The largest absolute Gasteiger partial charge is 0.496 e. The van der Waals surface area contributed by atoms with Gasteiger partial charge in [-0.2, -0.15) is 0 Å². The number of carbonyl (C=O) groups excluding carboxylic acids is 2. The number of benzene rings is 3.